The van der Waals surface area contributed by atoms with Crippen LogP contribution in [0, 0.1) is 12.7 Å². The Morgan fingerprint density at radius 1 is 1.44 bits per heavy atom. The predicted octanol–water partition coefficient (Wildman–Crippen LogP) is 2.89. The molecular formula is C10H9BrFN3O. The fourth-order valence-electron chi connectivity index (χ4n) is 1.19. The van der Waals surface area contributed by atoms with Crippen molar-refractivity contribution in [1.29, 1.82) is 0 Å². The molecule has 2 aromatic rings. The minimum atomic E-state index is -0.292. The third kappa shape index (κ3) is 2.57. The highest BCUT2D eigenvalue weighted by molar-refractivity contribution is 9.10. The number of aromatic nitrogens is 2. The third-order valence-corrected chi connectivity index (χ3v) is 2.54. The molecule has 0 saturated heterocycles. The standard InChI is InChI=1S/C10H9BrFN3O/c1-6-14-15-10(16-6)5-13-7-2-3-9(12)8(11)4-7/h2-4,13H,5H2,1H3. The van der Waals surface area contributed by atoms with Gasteiger partial charge in [-0.2, -0.15) is 0 Å². The second-order valence-electron chi connectivity index (χ2n) is 3.20. The summed E-state index contributed by atoms with van der Waals surface area (Å²) in [5.74, 6) is 0.731. The summed E-state index contributed by atoms with van der Waals surface area (Å²) in [6.07, 6.45) is 0. The summed E-state index contributed by atoms with van der Waals surface area (Å²) in [6, 6.07) is 4.67. The van der Waals surface area contributed by atoms with Gasteiger partial charge in [0.2, 0.25) is 11.8 Å². The molecule has 1 aromatic heterocycles. The van der Waals surface area contributed by atoms with E-state index in [1.807, 2.05) is 0 Å². The maximum absolute atomic E-state index is 12.9. The van der Waals surface area contributed by atoms with Crippen molar-refractivity contribution in [2.45, 2.75) is 13.5 Å². The Morgan fingerprint density at radius 2 is 2.25 bits per heavy atom. The Bertz CT molecular complexity index is 501. The van der Waals surface area contributed by atoms with Gasteiger partial charge < -0.3 is 9.73 Å². The molecule has 16 heavy (non-hydrogen) atoms. The second-order valence-corrected chi connectivity index (χ2v) is 4.05. The van der Waals surface area contributed by atoms with Gasteiger partial charge in [-0.05, 0) is 34.1 Å². The summed E-state index contributed by atoms with van der Waals surface area (Å²) in [6.45, 7) is 2.14. The maximum Gasteiger partial charge on any atom is 0.235 e. The third-order valence-electron chi connectivity index (χ3n) is 1.93. The average molecular weight is 286 g/mol. The Balaban J connectivity index is 2.02. The minimum absolute atomic E-state index is 0.292. The van der Waals surface area contributed by atoms with E-state index < -0.39 is 0 Å². The molecule has 0 fully saturated rings. The van der Waals surface area contributed by atoms with Gasteiger partial charge in [0.15, 0.2) is 0 Å². The second kappa shape index (κ2) is 4.61. The molecule has 0 saturated carbocycles. The first-order valence-electron chi connectivity index (χ1n) is 4.63. The van der Waals surface area contributed by atoms with Crippen LogP contribution in [0.15, 0.2) is 27.1 Å². The predicted molar refractivity (Wildman–Crippen MR) is 60.5 cm³/mol. The molecule has 0 atom stereocenters. The van der Waals surface area contributed by atoms with E-state index in [-0.39, 0.29) is 5.82 Å². The number of hydrogen-bond acceptors (Lipinski definition) is 4. The van der Waals surface area contributed by atoms with E-state index >= 15 is 0 Å². The summed E-state index contributed by atoms with van der Waals surface area (Å²) < 4.78 is 18.6. The Hall–Kier alpha value is -1.43. The van der Waals surface area contributed by atoms with Crippen LogP contribution >= 0.6 is 15.9 Å². The minimum Gasteiger partial charge on any atom is -0.424 e. The van der Waals surface area contributed by atoms with Crippen molar-refractivity contribution in [3.8, 4) is 0 Å². The van der Waals surface area contributed by atoms with Crippen LogP contribution in [0.4, 0.5) is 10.1 Å². The smallest absolute Gasteiger partial charge is 0.235 e. The van der Waals surface area contributed by atoms with E-state index in [1.165, 1.54) is 6.07 Å². The summed E-state index contributed by atoms with van der Waals surface area (Å²) >= 11 is 3.11. The summed E-state index contributed by atoms with van der Waals surface area (Å²) in [7, 11) is 0. The molecule has 0 amide bonds. The molecule has 1 aromatic carbocycles. The number of anilines is 1. The van der Waals surface area contributed by atoms with Crippen molar-refractivity contribution >= 4 is 21.6 Å². The van der Waals surface area contributed by atoms with Crippen LogP contribution < -0.4 is 5.32 Å². The van der Waals surface area contributed by atoms with Gasteiger partial charge in [-0.15, -0.1) is 10.2 Å². The normalized spacial score (nSPS) is 10.4. The Morgan fingerprint density at radius 3 is 2.88 bits per heavy atom. The summed E-state index contributed by atoms with van der Waals surface area (Å²) in [5, 5.41) is 10.6. The zero-order valence-electron chi connectivity index (χ0n) is 8.50. The zero-order chi connectivity index (χ0) is 11.5. The van der Waals surface area contributed by atoms with Crippen LogP contribution in [0.25, 0.3) is 0 Å². The average Bonchev–Trinajstić information content (AvgIpc) is 2.66. The van der Waals surface area contributed by atoms with E-state index in [4.69, 9.17) is 4.42 Å². The van der Waals surface area contributed by atoms with Gasteiger partial charge >= 0.3 is 0 Å². The lowest BCUT2D eigenvalue weighted by Crippen LogP contribution is -1.99. The van der Waals surface area contributed by atoms with E-state index in [1.54, 1.807) is 19.1 Å². The van der Waals surface area contributed by atoms with E-state index in [0.29, 0.717) is 22.8 Å². The number of rotatable bonds is 3. The van der Waals surface area contributed by atoms with Gasteiger partial charge in [0.05, 0.1) is 11.0 Å². The fraction of sp³-hybridized carbons (Fsp3) is 0.200. The number of aryl methyl sites for hydroxylation is 1. The molecule has 0 aliphatic carbocycles. The van der Waals surface area contributed by atoms with Crippen molar-refractivity contribution in [3.05, 3.63) is 40.3 Å². The molecule has 6 heteroatoms. The van der Waals surface area contributed by atoms with Crippen LogP contribution in [-0.4, -0.2) is 10.2 Å². The van der Waals surface area contributed by atoms with Gasteiger partial charge in [-0.25, -0.2) is 4.39 Å². The SMILES string of the molecule is Cc1nnc(CNc2ccc(F)c(Br)c2)o1. The monoisotopic (exact) mass is 285 g/mol. The van der Waals surface area contributed by atoms with Gasteiger partial charge in [0.1, 0.15) is 5.82 Å². The van der Waals surface area contributed by atoms with Crippen molar-refractivity contribution in [1.82, 2.24) is 10.2 Å². The van der Waals surface area contributed by atoms with Crippen molar-refractivity contribution in [3.63, 3.8) is 0 Å². The molecule has 0 bridgehead atoms. The van der Waals surface area contributed by atoms with Crippen LogP contribution in [0.2, 0.25) is 0 Å². The van der Waals surface area contributed by atoms with E-state index in [2.05, 4.69) is 31.4 Å². The summed E-state index contributed by atoms with van der Waals surface area (Å²) in [4.78, 5) is 0. The fourth-order valence-corrected chi connectivity index (χ4v) is 1.57. The van der Waals surface area contributed by atoms with Crippen LogP contribution in [-0.2, 0) is 6.54 Å². The Kier molecular flexibility index (Phi) is 3.19. The first-order chi connectivity index (χ1) is 7.65. The molecule has 0 aliphatic heterocycles. The van der Waals surface area contributed by atoms with Crippen molar-refractivity contribution in [2.75, 3.05) is 5.32 Å². The van der Waals surface area contributed by atoms with Crippen LogP contribution in [0.3, 0.4) is 0 Å². The molecule has 0 unspecified atom stereocenters. The largest absolute Gasteiger partial charge is 0.424 e. The zero-order valence-corrected chi connectivity index (χ0v) is 10.1. The number of benzene rings is 1. The number of halogens is 2. The van der Waals surface area contributed by atoms with Gasteiger partial charge in [-0.1, -0.05) is 0 Å². The van der Waals surface area contributed by atoms with Gasteiger partial charge in [0, 0.05) is 12.6 Å². The van der Waals surface area contributed by atoms with Crippen LogP contribution in [0.1, 0.15) is 11.8 Å². The molecule has 84 valence electrons. The molecule has 0 spiro atoms. The molecule has 2 rings (SSSR count). The lowest BCUT2D eigenvalue weighted by molar-refractivity contribution is 0.475. The van der Waals surface area contributed by atoms with Crippen molar-refractivity contribution in [2.24, 2.45) is 0 Å². The van der Waals surface area contributed by atoms with Crippen LogP contribution in [0.5, 0.6) is 0 Å². The summed E-state index contributed by atoms with van der Waals surface area (Å²) in [5.41, 5.74) is 0.782. The molecular weight excluding hydrogens is 277 g/mol. The molecule has 0 aliphatic rings. The number of hydrogen-bond donors (Lipinski definition) is 1. The molecule has 0 radical (unpaired) electrons. The maximum atomic E-state index is 12.9. The number of nitrogens with zero attached hydrogens (tertiary/aromatic N) is 2. The lowest BCUT2D eigenvalue weighted by Gasteiger charge is -2.04. The quantitative estimate of drug-likeness (QED) is 0.942. The van der Waals surface area contributed by atoms with E-state index in [9.17, 15) is 4.39 Å². The van der Waals surface area contributed by atoms with Crippen molar-refractivity contribution < 1.29 is 8.81 Å². The highest BCUT2D eigenvalue weighted by Crippen LogP contribution is 2.20. The van der Waals surface area contributed by atoms with Gasteiger partial charge in [-0.3, -0.25) is 0 Å². The topological polar surface area (TPSA) is 51.0 Å². The lowest BCUT2D eigenvalue weighted by atomic mass is 10.3. The number of nitrogens with one attached hydrogen (secondary N) is 1. The molecule has 1 heterocycles. The Labute approximate surface area is 100 Å². The highest BCUT2D eigenvalue weighted by atomic mass is 79.9. The van der Waals surface area contributed by atoms with E-state index in [0.717, 1.165) is 5.69 Å². The molecule has 1 N–H and O–H groups in total. The first-order valence-corrected chi connectivity index (χ1v) is 5.42. The van der Waals surface area contributed by atoms with Gasteiger partial charge in [0.25, 0.3) is 0 Å². The first kappa shape index (κ1) is 11.1. The molecule has 4 nitrogen and oxygen atoms in total. The highest BCUT2D eigenvalue weighted by Gasteiger charge is 2.03.